The van der Waals surface area contributed by atoms with Crippen LogP contribution in [0.5, 0.6) is 0 Å². The summed E-state index contributed by atoms with van der Waals surface area (Å²) >= 11 is 3.68. The van der Waals surface area contributed by atoms with Crippen molar-refractivity contribution in [3.05, 3.63) is 82.7 Å². The molecule has 0 aliphatic rings. The van der Waals surface area contributed by atoms with Gasteiger partial charge < -0.3 is 0 Å². The zero-order valence-electron chi connectivity index (χ0n) is 12.0. The van der Waals surface area contributed by atoms with Gasteiger partial charge in [0.05, 0.1) is 4.83 Å². The van der Waals surface area contributed by atoms with E-state index in [4.69, 9.17) is 0 Å². The molecule has 21 heavy (non-hydrogen) atoms. The Bertz CT molecular complexity index is 808. The second-order valence-corrected chi connectivity index (χ2v) is 6.32. The Kier molecular flexibility index (Phi) is 3.81. The maximum atomic E-state index is 14.2. The molecule has 0 radical (unpaired) electrons. The van der Waals surface area contributed by atoms with Crippen molar-refractivity contribution in [2.45, 2.75) is 18.7 Å². The maximum absolute atomic E-state index is 14.2. The van der Waals surface area contributed by atoms with Crippen molar-refractivity contribution in [2.24, 2.45) is 0 Å². The highest BCUT2D eigenvalue weighted by Crippen LogP contribution is 2.37. The summed E-state index contributed by atoms with van der Waals surface area (Å²) in [6, 6.07) is 17.8. The average molecular weight is 343 g/mol. The van der Waals surface area contributed by atoms with Crippen LogP contribution in [0.1, 0.15) is 27.1 Å². The van der Waals surface area contributed by atoms with Gasteiger partial charge in [0.25, 0.3) is 0 Å². The van der Waals surface area contributed by atoms with Crippen LogP contribution in [0.3, 0.4) is 0 Å². The van der Waals surface area contributed by atoms with Crippen LogP contribution in [0.4, 0.5) is 4.39 Å². The number of rotatable bonds is 2. The van der Waals surface area contributed by atoms with Crippen molar-refractivity contribution in [1.82, 2.24) is 0 Å². The highest BCUT2D eigenvalue weighted by molar-refractivity contribution is 9.09. The first kappa shape index (κ1) is 14.3. The Hall–Kier alpha value is -1.67. The van der Waals surface area contributed by atoms with Gasteiger partial charge in [-0.3, -0.25) is 0 Å². The van der Waals surface area contributed by atoms with Crippen LogP contribution in [-0.4, -0.2) is 0 Å². The smallest absolute Gasteiger partial charge is 0.128 e. The minimum absolute atomic E-state index is 0.149. The summed E-state index contributed by atoms with van der Waals surface area (Å²) in [5.41, 5.74) is 3.94. The molecular weight excluding hydrogens is 327 g/mol. The number of aryl methyl sites for hydroxylation is 2. The third-order valence-electron chi connectivity index (χ3n) is 3.88. The molecule has 0 N–H and O–H groups in total. The van der Waals surface area contributed by atoms with E-state index in [1.54, 1.807) is 6.07 Å². The molecule has 0 bridgehead atoms. The topological polar surface area (TPSA) is 0 Å². The summed E-state index contributed by atoms with van der Waals surface area (Å²) in [6.45, 7) is 4.00. The van der Waals surface area contributed by atoms with Crippen molar-refractivity contribution in [2.75, 3.05) is 0 Å². The molecule has 0 heterocycles. The molecule has 2 heteroatoms. The maximum Gasteiger partial charge on any atom is 0.128 e. The predicted molar refractivity (Wildman–Crippen MR) is 90.6 cm³/mol. The van der Waals surface area contributed by atoms with Crippen LogP contribution in [0, 0.1) is 19.7 Å². The van der Waals surface area contributed by atoms with Gasteiger partial charge in [-0.25, -0.2) is 4.39 Å². The highest BCUT2D eigenvalue weighted by Gasteiger charge is 2.17. The van der Waals surface area contributed by atoms with E-state index in [1.807, 2.05) is 31.2 Å². The summed E-state index contributed by atoms with van der Waals surface area (Å²) in [6.07, 6.45) is 0. The number of alkyl halides is 1. The fourth-order valence-corrected chi connectivity index (χ4v) is 3.47. The molecule has 0 saturated heterocycles. The molecular formula is C19H16BrF. The van der Waals surface area contributed by atoms with Crippen molar-refractivity contribution in [1.29, 1.82) is 0 Å². The van der Waals surface area contributed by atoms with Gasteiger partial charge in [-0.05, 0) is 47.4 Å². The van der Waals surface area contributed by atoms with E-state index in [-0.39, 0.29) is 10.6 Å². The number of hydrogen-bond acceptors (Lipinski definition) is 0. The summed E-state index contributed by atoms with van der Waals surface area (Å²) in [5, 5.41) is 2.38. The van der Waals surface area contributed by atoms with Crippen LogP contribution in [0.25, 0.3) is 10.8 Å². The molecule has 0 spiro atoms. The first-order chi connectivity index (χ1) is 10.1. The number of fused-ring (bicyclic) bond motifs is 1. The Morgan fingerprint density at radius 2 is 1.52 bits per heavy atom. The van der Waals surface area contributed by atoms with Crippen LogP contribution < -0.4 is 0 Å². The van der Waals surface area contributed by atoms with Crippen LogP contribution in [0.15, 0.2) is 54.6 Å². The second kappa shape index (κ2) is 5.61. The molecule has 0 amide bonds. The van der Waals surface area contributed by atoms with Gasteiger partial charge in [-0.2, -0.15) is 0 Å². The van der Waals surface area contributed by atoms with Crippen molar-refractivity contribution >= 4 is 26.7 Å². The SMILES string of the molecule is Cc1ccc(C(Br)c2ccc(C)c3ccccc23)c(F)c1. The largest absolute Gasteiger partial charge is 0.207 e. The van der Waals surface area contributed by atoms with E-state index < -0.39 is 0 Å². The Morgan fingerprint density at radius 3 is 2.24 bits per heavy atom. The third kappa shape index (κ3) is 2.60. The van der Waals surface area contributed by atoms with Gasteiger partial charge in [-0.15, -0.1) is 0 Å². The Morgan fingerprint density at radius 1 is 0.857 bits per heavy atom. The lowest BCUT2D eigenvalue weighted by Crippen LogP contribution is -1.98. The number of hydrogen-bond donors (Lipinski definition) is 0. The Labute approximate surface area is 132 Å². The quantitative estimate of drug-likeness (QED) is 0.495. The summed E-state index contributed by atoms with van der Waals surface area (Å²) in [4.78, 5) is -0.149. The first-order valence-corrected chi connectivity index (χ1v) is 7.88. The van der Waals surface area contributed by atoms with Crippen LogP contribution >= 0.6 is 15.9 Å². The molecule has 3 aromatic rings. The van der Waals surface area contributed by atoms with Crippen molar-refractivity contribution < 1.29 is 4.39 Å². The number of benzene rings is 3. The minimum atomic E-state index is -0.165. The lowest BCUT2D eigenvalue weighted by molar-refractivity contribution is 0.612. The Balaban J connectivity index is 2.18. The second-order valence-electron chi connectivity index (χ2n) is 5.40. The van der Waals surface area contributed by atoms with Gasteiger partial charge in [0.15, 0.2) is 0 Å². The van der Waals surface area contributed by atoms with Crippen LogP contribution in [-0.2, 0) is 0 Å². The van der Waals surface area contributed by atoms with E-state index in [9.17, 15) is 4.39 Å². The molecule has 106 valence electrons. The lowest BCUT2D eigenvalue weighted by atomic mass is 9.95. The van der Waals surface area contributed by atoms with E-state index in [0.29, 0.717) is 5.56 Å². The van der Waals surface area contributed by atoms with Gasteiger partial charge >= 0.3 is 0 Å². The van der Waals surface area contributed by atoms with E-state index in [0.717, 1.165) is 11.1 Å². The highest BCUT2D eigenvalue weighted by atomic mass is 79.9. The molecule has 1 unspecified atom stereocenters. The molecule has 0 aliphatic heterocycles. The van der Waals surface area contributed by atoms with Crippen molar-refractivity contribution in [3.8, 4) is 0 Å². The lowest BCUT2D eigenvalue weighted by Gasteiger charge is -2.16. The monoisotopic (exact) mass is 342 g/mol. The molecule has 3 aromatic carbocycles. The van der Waals surface area contributed by atoms with E-state index in [1.165, 1.54) is 16.3 Å². The standard InChI is InChI=1S/C19H16BrF/c1-12-7-9-17(18(21)11-12)19(20)16-10-8-13(2)14-5-3-4-6-15(14)16/h3-11,19H,1-2H3. The van der Waals surface area contributed by atoms with Gasteiger partial charge in [0.2, 0.25) is 0 Å². The fraction of sp³-hybridized carbons (Fsp3) is 0.158. The predicted octanol–water partition coefficient (Wildman–Crippen LogP) is 6.08. The van der Waals surface area contributed by atoms with Crippen LogP contribution in [0.2, 0.25) is 0 Å². The van der Waals surface area contributed by atoms with Crippen molar-refractivity contribution in [3.63, 3.8) is 0 Å². The fourth-order valence-electron chi connectivity index (χ4n) is 2.70. The minimum Gasteiger partial charge on any atom is -0.207 e. The van der Waals surface area contributed by atoms with Gasteiger partial charge in [-0.1, -0.05) is 64.5 Å². The molecule has 0 nitrogen and oxygen atoms in total. The zero-order chi connectivity index (χ0) is 15.0. The zero-order valence-corrected chi connectivity index (χ0v) is 13.6. The molecule has 3 rings (SSSR count). The normalized spacial score (nSPS) is 12.6. The molecule has 0 saturated carbocycles. The summed E-state index contributed by atoms with van der Waals surface area (Å²) in [5.74, 6) is -0.165. The third-order valence-corrected chi connectivity index (χ3v) is 4.86. The van der Waals surface area contributed by atoms with E-state index in [2.05, 4.69) is 47.1 Å². The average Bonchev–Trinajstić information content (AvgIpc) is 2.47. The molecule has 0 fully saturated rings. The molecule has 1 atom stereocenters. The summed E-state index contributed by atoms with van der Waals surface area (Å²) < 4.78 is 14.2. The molecule has 0 aromatic heterocycles. The molecule has 0 aliphatic carbocycles. The van der Waals surface area contributed by atoms with E-state index >= 15 is 0 Å². The summed E-state index contributed by atoms with van der Waals surface area (Å²) in [7, 11) is 0. The van der Waals surface area contributed by atoms with Gasteiger partial charge in [0, 0.05) is 5.56 Å². The van der Waals surface area contributed by atoms with Gasteiger partial charge in [0.1, 0.15) is 5.82 Å². The first-order valence-electron chi connectivity index (χ1n) is 6.96. The number of halogens is 2.